The van der Waals surface area contributed by atoms with Crippen molar-refractivity contribution in [2.75, 3.05) is 32.7 Å². The van der Waals surface area contributed by atoms with Crippen molar-refractivity contribution in [2.24, 2.45) is 5.92 Å². The quantitative estimate of drug-likeness (QED) is 0.660. The van der Waals surface area contributed by atoms with Gasteiger partial charge in [-0.15, -0.1) is 0 Å². The van der Waals surface area contributed by atoms with Crippen molar-refractivity contribution in [1.29, 1.82) is 0 Å². The molecule has 1 heterocycles. The molecule has 1 unspecified atom stereocenters. The number of likely N-dealkylation sites (tertiary alicyclic amines) is 1. The van der Waals surface area contributed by atoms with Gasteiger partial charge < -0.3 is 10.2 Å². The molecule has 0 radical (unpaired) electrons. The highest BCUT2D eigenvalue weighted by Crippen LogP contribution is 2.18. The van der Waals surface area contributed by atoms with Crippen LogP contribution in [0.25, 0.3) is 0 Å². The van der Waals surface area contributed by atoms with Crippen molar-refractivity contribution in [3.8, 4) is 0 Å². The Hall–Kier alpha value is -0.0800. The van der Waals surface area contributed by atoms with Gasteiger partial charge in [-0.25, -0.2) is 0 Å². The van der Waals surface area contributed by atoms with Crippen LogP contribution in [-0.2, 0) is 0 Å². The van der Waals surface area contributed by atoms with Gasteiger partial charge in [-0.3, -0.25) is 0 Å². The summed E-state index contributed by atoms with van der Waals surface area (Å²) in [5.41, 5.74) is 0. The maximum Gasteiger partial charge on any atom is 0.00100 e. The van der Waals surface area contributed by atoms with E-state index in [4.69, 9.17) is 0 Å². The summed E-state index contributed by atoms with van der Waals surface area (Å²) in [7, 11) is 0. The Kier molecular flexibility index (Phi) is 5.40. The predicted octanol–water partition coefficient (Wildman–Crippen LogP) is 1.96. The fraction of sp³-hybridized carbons (Fsp3) is 1.00. The van der Waals surface area contributed by atoms with Gasteiger partial charge in [0.05, 0.1) is 0 Å². The minimum Gasteiger partial charge on any atom is -0.317 e. The molecule has 1 rings (SSSR count). The SMILES string of the molecule is CCNCCC1CCCN(CC)C1.[HH]. The van der Waals surface area contributed by atoms with Gasteiger partial charge in [-0.2, -0.15) is 0 Å². The zero-order valence-electron chi connectivity index (χ0n) is 9.18. The molecular formula is C11H26N2. The topological polar surface area (TPSA) is 15.3 Å². The Morgan fingerprint density at radius 3 is 3.00 bits per heavy atom. The maximum atomic E-state index is 3.41. The highest BCUT2D eigenvalue weighted by Gasteiger charge is 2.17. The van der Waals surface area contributed by atoms with Gasteiger partial charge in [-0.1, -0.05) is 13.8 Å². The van der Waals surface area contributed by atoms with Crippen LogP contribution >= 0.6 is 0 Å². The Balaban J connectivity index is 0.00000169. The number of piperidine rings is 1. The summed E-state index contributed by atoms with van der Waals surface area (Å²) < 4.78 is 0. The molecule has 1 fully saturated rings. The largest absolute Gasteiger partial charge is 0.317 e. The number of rotatable bonds is 5. The van der Waals surface area contributed by atoms with Crippen molar-refractivity contribution < 1.29 is 1.43 Å². The highest BCUT2D eigenvalue weighted by atomic mass is 15.1. The summed E-state index contributed by atoms with van der Waals surface area (Å²) in [6.07, 6.45) is 4.22. The summed E-state index contributed by atoms with van der Waals surface area (Å²) in [5, 5.41) is 3.41. The molecule has 2 heteroatoms. The lowest BCUT2D eigenvalue weighted by atomic mass is 9.95. The molecule has 0 aromatic heterocycles. The maximum absolute atomic E-state index is 3.41. The van der Waals surface area contributed by atoms with Gasteiger partial charge in [0.15, 0.2) is 0 Å². The molecule has 1 saturated heterocycles. The van der Waals surface area contributed by atoms with E-state index in [2.05, 4.69) is 24.1 Å². The van der Waals surface area contributed by atoms with Crippen LogP contribution in [0, 0.1) is 5.92 Å². The van der Waals surface area contributed by atoms with Crippen LogP contribution in [-0.4, -0.2) is 37.6 Å². The van der Waals surface area contributed by atoms with Crippen LogP contribution < -0.4 is 5.32 Å². The number of nitrogens with zero attached hydrogens (tertiary/aromatic N) is 1. The van der Waals surface area contributed by atoms with Crippen molar-refractivity contribution >= 4 is 0 Å². The van der Waals surface area contributed by atoms with Gasteiger partial charge in [0.2, 0.25) is 0 Å². The molecule has 0 bridgehead atoms. The van der Waals surface area contributed by atoms with E-state index in [-0.39, 0.29) is 1.43 Å². The number of hydrogen-bond donors (Lipinski definition) is 1. The monoisotopic (exact) mass is 186 g/mol. The van der Waals surface area contributed by atoms with Crippen LogP contribution in [0.2, 0.25) is 0 Å². The van der Waals surface area contributed by atoms with Crippen molar-refractivity contribution in [3.63, 3.8) is 0 Å². The lowest BCUT2D eigenvalue weighted by Gasteiger charge is -2.31. The van der Waals surface area contributed by atoms with E-state index in [0.29, 0.717) is 0 Å². The average molecular weight is 186 g/mol. The van der Waals surface area contributed by atoms with Crippen LogP contribution in [0.3, 0.4) is 0 Å². The van der Waals surface area contributed by atoms with Crippen LogP contribution in [0.5, 0.6) is 0 Å². The first-order valence-corrected chi connectivity index (χ1v) is 5.79. The van der Waals surface area contributed by atoms with Gasteiger partial charge in [-0.05, 0) is 51.4 Å². The van der Waals surface area contributed by atoms with E-state index < -0.39 is 0 Å². The zero-order chi connectivity index (χ0) is 9.52. The van der Waals surface area contributed by atoms with Gasteiger partial charge >= 0.3 is 0 Å². The Morgan fingerprint density at radius 2 is 2.31 bits per heavy atom. The minimum atomic E-state index is 0. The molecule has 1 N–H and O–H groups in total. The molecular weight excluding hydrogens is 160 g/mol. The second kappa shape index (κ2) is 6.39. The fourth-order valence-electron chi connectivity index (χ4n) is 2.16. The van der Waals surface area contributed by atoms with E-state index in [9.17, 15) is 0 Å². The van der Waals surface area contributed by atoms with Crippen LogP contribution in [0.15, 0.2) is 0 Å². The summed E-state index contributed by atoms with van der Waals surface area (Å²) in [4.78, 5) is 2.58. The van der Waals surface area contributed by atoms with E-state index in [1.807, 2.05) is 0 Å². The molecule has 80 valence electrons. The Morgan fingerprint density at radius 1 is 1.46 bits per heavy atom. The fourth-order valence-corrected chi connectivity index (χ4v) is 2.16. The summed E-state index contributed by atoms with van der Waals surface area (Å²) in [6.45, 7) is 10.7. The minimum absolute atomic E-state index is 0. The van der Waals surface area contributed by atoms with E-state index in [0.717, 1.165) is 12.5 Å². The lowest BCUT2D eigenvalue weighted by Crippen LogP contribution is -2.36. The van der Waals surface area contributed by atoms with Crippen molar-refractivity contribution in [1.82, 2.24) is 10.2 Å². The predicted molar refractivity (Wildman–Crippen MR) is 60.1 cm³/mol. The van der Waals surface area contributed by atoms with Crippen molar-refractivity contribution in [2.45, 2.75) is 33.1 Å². The summed E-state index contributed by atoms with van der Waals surface area (Å²) >= 11 is 0. The van der Waals surface area contributed by atoms with Gasteiger partial charge in [0, 0.05) is 7.97 Å². The standard InChI is InChI=1S/C11H24N2.H2/c1-3-12-8-7-11-6-5-9-13(4-2)10-11;/h11-12H,3-10H2,1-2H3;1H. The second-order valence-electron chi connectivity index (χ2n) is 4.04. The average Bonchev–Trinajstić information content (AvgIpc) is 2.19. The van der Waals surface area contributed by atoms with Gasteiger partial charge in [0.1, 0.15) is 0 Å². The molecule has 0 aromatic rings. The van der Waals surface area contributed by atoms with E-state index in [1.54, 1.807) is 0 Å². The molecule has 0 aromatic carbocycles. The molecule has 1 aliphatic heterocycles. The third kappa shape index (κ3) is 4.10. The third-order valence-corrected chi connectivity index (χ3v) is 3.03. The van der Waals surface area contributed by atoms with Gasteiger partial charge in [0.25, 0.3) is 0 Å². The smallest absolute Gasteiger partial charge is 0.00100 e. The van der Waals surface area contributed by atoms with Crippen LogP contribution in [0.1, 0.15) is 34.5 Å². The first-order valence-electron chi connectivity index (χ1n) is 5.79. The molecule has 0 aliphatic carbocycles. The molecule has 2 nitrogen and oxygen atoms in total. The lowest BCUT2D eigenvalue weighted by molar-refractivity contribution is 0.176. The Bertz CT molecular complexity index is 130. The summed E-state index contributed by atoms with van der Waals surface area (Å²) in [6, 6.07) is 0. The first kappa shape index (κ1) is 11.0. The normalized spacial score (nSPS) is 24.9. The first-order chi connectivity index (χ1) is 6.36. The number of nitrogens with one attached hydrogen (secondary N) is 1. The summed E-state index contributed by atoms with van der Waals surface area (Å²) in [5.74, 6) is 0.952. The molecule has 13 heavy (non-hydrogen) atoms. The molecule has 0 amide bonds. The van der Waals surface area contributed by atoms with Crippen molar-refractivity contribution in [3.05, 3.63) is 0 Å². The van der Waals surface area contributed by atoms with E-state index in [1.165, 1.54) is 45.4 Å². The molecule has 0 spiro atoms. The number of hydrogen-bond acceptors (Lipinski definition) is 2. The molecule has 0 saturated carbocycles. The zero-order valence-corrected chi connectivity index (χ0v) is 9.18. The highest BCUT2D eigenvalue weighted by molar-refractivity contribution is 4.72. The Labute approximate surface area is 84.2 Å². The van der Waals surface area contributed by atoms with E-state index >= 15 is 0 Å². The second-order valence-corrected chi connectivity index (χ2v) is 4.04. The van der Waals surface area contributed by atoms with Crippen LogP contribution in [0.4, 0.5) is 0 Å². The third-order valence-electron chi connectivity index (χ3n) is 3.03. The molecule has 1 atom stereocenters. The molecule has 1 aliphatic rings.